The van der Waals surface area contributed by atoms with Crippen LogP contribution in [0.1, 0.15) is 22.4 Å². The third kappa shape index (κ3) is 2.32. The van der Waals surface area contributed by atoms with E-state index in [9.17, 15) is 10.0 Å². The smallest absolute Gasteiger partial charge is 0.286 e. The summed E-state index contributed by atoms with van der Waals surface area (Å²) in [5.41, 5.74) is 4.70. The van der Waals surface area contributed by atoms with Gasteiger partial charge >= 0.3 is 0 Å². The Morgan fingerprint density at radius 2 is 2.17 bits per heavy atom. The molecule has 0 bridgehead atoms. The molecule has 0 saturated carbocycles. The van der Waals surface area contributed by atoms with E-state index in [1.165, 1.54) is 23.5 Å². The molecule has 1 aliphatic rings. The lowest BCUT2D eigenvalue weighted by atomic mass is 10.1. The maximum absolute atomic E-state index is 11.9. The Bertz CT molecular complexity index is 1040. The Morgan fingerprint density at radius 1 is 1.29 bits per heavy atom. The van der Waals surface area contributed by atoms with E-state index in [-0.39, 0.29) is 5.65 Å². The molecule has 24 heavy (non-hydrogen) atoms. The number of nitrogens with zero attached hydrogens (tertiary/aromatic N) is 3. The third-order valence-electron chi connectivity index (χ3n) is 4.29. The largest absolute Gasteiger partial charge is 0.423 e. The number of anilines is 1. The predicted octanol–water partition coefficient (Wildman–Crippen LogP) is 2.52. The van der Waals surface area contributed by atoms with E-state index in [0.717, 1.165) is 12.0 Å². The molecule has 4 rings (SSSR count). The summed E-state index contributed by atoms with van der Waals surface area (Å²) < 4.78 is 0.552. The number of allylic oxidation sites excluding steroid dienone is 1. The fourth-order valence-electron chi connectivity index (χ4n) is 3.06. The first-order valence-corrected chi connectivity index (χ1v) is 7.72. The summed E-state index contributed by atoms with van der Waals surface area (Å²) in [6.07, 6.45) is 6.57. The number of nitrogens with one attached hydrogen (secondary N) is 1. The average Bonchev–Trinajstić information content (AvgIpc) is 3.04. The first kappa shape index (κ1) is 14.4. The second kappa shape index (κ2) is 5.49. The Labute approximate surface area is 138 Å². The number of fused-ring (bicyclic) bond motifs is 2. The molecule has 1 aliphatic carbocycles. The number of benzene rings is 1. The Hall–Kier alpha value is -3.15. The van der Waals surface area contributed by atoms with E-state index in [0.29, 0.717) is 28.0 Å². The van der Waals surface area contributed by atoms with Gasteiger partial charge in [0.1, 0.15) is 6.33 Å². The van der Waals surface area contributed by atoms with Crippen LogP contribution in [0.5, 0.6) is 0 Å². The first-order chi connectivity index (χ1) is 11.6. The van der Waals surface area contributed by atoms with Crippen molar-refractivity contribution in [2.45, 2.75) is 19.9 Å². The zero-order valence-electron chi connectivity index (χ0n) is 13.2. The highest BCUT2D eigenvalue weighted by Crippen LogP contribution is 2.24. The van der Waals surface area contributed by atoms with Crippen molar-refractivity contribution in [1.82, 2.24) is 14.7 Å². The summed E-state index contributed by atoms with van der Waals surface area (Å²) in [6.45, 7) is 2.40. The molecule has 120 valence electrons. The van der Waals surface area contributed by atoms with Crippen molar-refractivity contribution in [3.63, 3.8) is 0 Å². The topological polar surface area (TPSA) is 80.0 Å². The van der Waals surface area contributed by atoms with Crippen LogP contribution in [0.15, 0.2) is 41.5 Å². The van der Waals surface area contributed by atoms with E-state index in [1.807, 2.05) is 6.92 Å². The molecule has 0 saturated heterocycles. The second-order valence-corrected chi connectivity index (χ2v) is 5.86. The van der Waals surface area contributed by atoms with Crippen molar-refractivity contribution >= 4 is 22.8 Å². The molecule has 0 fully saturated rings. The molecular weight excluding hydrogens is 304 g/mol. The average molecular weight is 320 g/mol. The zero-order chi connectivity index (χ0) is 16.7. The van der Waals surface area contributed by atoms with Crippen molar-refractivity contribution in [2.75, 3.05) is 5.32 Å². The SMILES string of the molecule is Cc1ncnc2c1c(NCc1ccc3c(c1)CC=C3)cc(=O)n2O. The fraction of sp³-hybridized carbons (Fsp3) is 0.167. The Morgan fingerprint density at radius 3 is 3.04 bits per heavy atom. The van der Waals surface area contributed by atoms with Gasteiger partial charge in [0.05, 0.1) is 16.8 Å². The fourth-order valence-corrected chi connectivity index (χ4v) is 3.06. The molecular formula is C18H16N4O2. The lowest BCUT2D eigenvalue weighted by Crippen LogP contribution is -2.20. The maximum atomic E-state index is 11.9. The van der Waals surface area contributed by atoms with Gasteiger partial charge in [-0.3, -0.25) is 4.79 Å². The molecule has 6 nitrogen and oxygen atoms in total. The van der Waals surface area contributed by atoms with Gasteiger partial charge in [-0.2, -0.15) is 0 Å². The summed E-state index contributed by atoms with van der Waals surface area (Å²) >= 11 is 0. The van der Waals surface area contributed by atoms with Crippen LogP contribution in [0.3, 0.4) is 0 Å². The standard InChI is InChI=1S/C18H16N4O2/c1-11-17-15(8-16(23)22(24)18(17)21-10-20-11)19-9-12-5-6-13-3-2-4-14(13)7-12/h2-3,5-8,10,19,24H,4,9H2,1H3. The van der Waals surface area contributed by atoms with Crippen LogP contribution in [0.4, 0.5) is 5.69 Å². The Kier molecular flexibility index (Phi) is 3.30. The molecule has 1 aromatic carbocycles. The van der Waals surface area contributed by atoms with Crippen molar-refractivity contribution in [1.29, 1.82) is 0 Å². The van der Waals surface area contributed by atoms with Gasteiger partial charge in [-0.25, -0.2) is 9.97 Å². The van der Waals surface area contributed by atoms with Gasteiger partial charge in [-0.05, 0) is 30.0 Å². The number of hydrogen-bond donors (Lipinski definition) is 2. The zero-order valence-corrected chi connectivity index (χ0v) is 13.2. The molecule has 0 atom stereocenters. The molecule has 0 unspecified atom stereocenters. The van der Waals surface area contributed by atoms with Crippen LogP contribution in [0, 0.1) is 6.92 Å². The predicted molar refractivity (Wildman–Crippen MR) is 92.2 cm³/mol. The van der Waals surface area contributed by atoms with Gasteiger partial charge in [0, 0.05) is 12.6 Å². The summed E-state index contributed by atoms with van der Waals surface area (Å²) in [6, 6.07) is 7.71. The number of hydrogen-bond acceptors (Lipinski definition) is 5. The van der Waals surface area contributed by atoms with Crippen molar-refractivity contribution in [2.24, 2.45) is 0 Å². The number of aromatic nitrogens is 3. The van der Waals surface area contributed by atoms with E-state index >= 15 is 0 Å². The van der Waals surface area contributed by atoms with Crippen LogP contribution in [0.2, 0.25) is 0 Å². The molecule has 2 aromatic heterocycles. The molecule has 3 aromatic rings. The minimum atomic E-state index is -0.527. The third-order valence-corrected chi connectivity index (χ3v) is 4.29. The Balaban J connectivity index is 1.70. The van der Waals surface area contributed by atoms with Crippen LogP contribution in [-0.4, -0.2) is 19.9 Å². The lowest BCUT2D eigenvalue weighted by Gasteiger charge is -2.12. The molecule has 0 amide bonds. The lowest BCUT2D eigenvalue weighted by molar-refractivity contribution is 0.186. The molecule has 0 aliphatic heterocycles. The highest BCUT2D eigenvalue weighted by Gasteiger charge is 2.13. The molecule has 2 N–H and O–H groups in total. The highest BCUT2D eigenvalue weighted by molar-refractivity contribution is 5.90. The molecule has 6 heteroatoms. The number of aryl methyl sites for hydroxylation is 1. The number of pyridine rings is 1. The molecule has 0 spiro atoms. The van der Waals surface area contributed by atoms with Gasteiger partial charge in [0.15, 0.2) is 5.65 Å². The maximum Gasteiger partial charge on any atom is 0.286 e. The van der Waals surface area contributed by atoms with Crippen LogP contribution in [-0.2, 0) is 13.0 Å². The van der Waals surface area contributed by atoms with Gasteiger partial charge in [-0.15, -0.1) is 4.73 Å². The number of rotatable bonds is 3. The summed E-state index contributed by atoms with van der Waals surface area (Å²) in [5.74, 6) is 0. The summed E-state index contributed by atoms with van der Waals surface area (Å²) in [7, 11) is 0. The van der Waals surface area contributed by atoms with Crippen LogP contribution < -0.4 is 10.9 Å². The summed E-state index contributed by atoms with van der Waals surface area (Å²) in [4.78, 5) is 20.1. The molecule has 2 heterocycles. The van der Waals surface area contributed by atoms with Crippen molar-refractivity contribution < 1.29 is 5.21 Å². The highest BCUT2D eigenvalue weighted by atomic mass is 16.5. The van der Waals surface area contributed by atoms with E-state index < -0.39 is 5.56 Å². The van der Waals surface area contributed by atoms with Crippen molar-refractivity contribution in [3.05, 3.63) is 69.4 Å². The van der Waals surface area contributed by atoms with Crippen LogP contribution in [0.25, 0.3) is 17.1 Å². The van der Waals surface area contributed by atoms with Gasteiger partial charge in [-0.1, -0.05) is 30.4 Å². The van der Waals surface area contributed by atoms with Gasteiger partial charge in [0.2, 0.25) is 0 Å². The molecule has 0 radical (unpaired) electrons. The van der Waals surface area contributed by atoms with Gasteiger partial charge in [0.25, 0.3) is 5.56 Å². The van der Waals surface area contributed by atoms with E-state index in [1.54, 1.807) is 0 Å². The minimum Gasteiger partial charge on any atom is -0.423 e. The van der Waals surface area contributed by atoms with E-state index in [2.05, 4.69) is 45.6 Å². The van der Waals surface area contributed by atoms with Crippen LogP contribution >= 0.6 is 0 Å². The first-order valence-electron chi connectivity index (χ1n) is 7.72. The summed E-state index contributed by atoms with van der Waals surface area (Å²) in [5, 5.41) is 13.8. The minimum absolute atomic E-state index is 0.204. The van der Waals surface area contributed by atoms with Crippen molar-refractivity contribution in [3.8, 4) is 0 Å². The monoisotopic (exact) mass is 320 g/mol. The van der Waals surface area contributed by atoms with Gasteiger partial charge < -0.3 is 10.5 Å². The normalized spacial score (nSPS) is 12.5. The quantitative estimate of drug-likeness (QED) is 0.725. The van der Waals surface area contributed by atoms with E-state index in [4.69, 9.17) is 0 Å². The second-order valence-electron chi connectivity index (χ2n) is 5.86.